The van der Waals surface area contributed by atoms with E-state index in [9.17, 15) is 0 Å². The molecule has 0 atom stereocenters. The van der Waals surface area contributed by atoms with Gasteiger partial charge in [-0.2, -0.15) is 0 Å². The number of hydrogen-bond acceptors (Lipinski definition) is 2. The average molecular weight is 373 g/mol. The molecule has 1 aliphatic rings. The molecule has 0 spiro atoms. The SMILES string of the molecule is [CH]C=C(C)C=C1N(c2c(C)cc(C)cc2C)CCN1c1c(C)cc(C)cc1C. The second-order valence-corrected chi connectivity index (χ2v) is 8.21. The highest BCUT2D eigenvalue weighted by Crippen LogP contribution is 2.38. The topological polar surface area (TPSA) is 6.48 Å². The molecule has 1 saturated heterocycles. The number of anilines is 2. The van der Waals surface area contributed by atoms with Gasteiger partial charge in [-0.1, -0.05) is 47.0 Å². The van der Waals surface area contributed by atoms with Crippen LogP contribution < -0.4 is 9.80 Å². The van der Waals surface area contributed by atoms with Crippen LogP contribution in [-0.4, -0.2) is 13.1 Å². The lowest BCUT2D eigenvalue weighted by Crippen LogP contribution is -2.25. The van der Waals surface area contributed by atoms with Gasteiger partial charge in [0, 0.05) is 24.5 Å². The molecular weight excluding hydrogens is 340 g/mol. The van der Waals surface area contributed by atoms with Gasteiger partial charge in [-0.05, 0) is 83.7 Å². The zero-order chi connectivity index (χ0) is 20.6. The van der Waals surface area contributed by atoms with Gasteiger partial charge in [0.25, 0.3) is 0 Å². The van der Waals surface area contributed by atoms with E-state index < -0.39 is 0 Å². The number of benzene rings is 2. The first kappa shape index (κ1) is 20.3. The Morgan fingerprint density at radius 2 is 1.11 bits per heavy atom. The Labute approximate surface area is 171 Å². The summed E-state index contributed by atoms with van der Waals surface area (Å²) in [7, 11) is 0. The molecule has 0 N–H and O–H groups in total. The van der Waals surface area contributed by atoms with Crippen LogP contribution in [0.1, 0.15) is 40.3 Å². The van der Waals surface area contributed by atoms with E-state index in [1.54, 1.807) is 6.08 Å². The summed E-state index contributed by atoms with van der Waals surface area (Å²) in [5.41, 5.74) is 11.6. The minimum atomic E-state index is 0.960. The maximum atomic E-state index is 5.83. The number of rotatable bonds is 3. The molecule has 2 aromatic rings. The highest BCUT2D eigenvalue weighted by molar-refractivity contribution is 5.73. The van der Waals surface area contributed by atoms with Gasteiger partial charge in [0.2, 0.25) is 0 Å². The van der Waals surface area contributed by atoms with E-state index in [2.05, 4.69) is 88.6 Å². The third kappa shape index (κ3) is 3.73. The summed E-state index contributed by atoms with van der Waals surface area (Å²) in [5, 5.41) is 0. The van der Waals surface area contributed by atoms with Gasteiger partial charge in [0.15, 0.2) is 0 Å². The van der Waals surface area contributed by atoms with Crippen LogP contribution in [0.15, 0.2) is 47.8 Å². The molecule has 0 amide bonds. The van der Waals surface area contributed by atoms with Crippen LogP contribution in [0, 0.1) is 48.5 Å². The zero-order valence-corrected chi connectivity index (χ0v) is 18.4. The van der Waals surface area contributed by atoms with Gasteiger partial charge in [-0.15, -0.1) is 0 Å². The monoisotopic (exact) mass is 372 g/mol. The van der Waals surface area contributed by atoms with Crippen molar-refractivity contribution in [1.82, 2.24) is 0 Å². The van der Waals surface area contributed by atoms with E-state index in [1.165, 1.54) is 50.6 Å². The third-order valence-corrected chi connectivity index (χ3v) is 5.53. The zero-order valence-electron chi connectivity index (χ0n) is 18.4. The smallest absolute Gasteiger partial charge is 0.113 e. The van der Waals surface area contributed by atoms with Crippen LogP contribution in [0.25, 0.3) is 0 Å². The summed E-state index contributed by atoms with van der Waals surface area (Å²) >= 11 is 0. The Balaban J connectivity index is 2.17. The molecule has 0 aromatic heterocycles. The van der Waals surface area contributed by atoms with E-state index in [0.29, 0.717) is 0 Å². The van der Waals surface area contributed by atoms with Crippen LogP contribution in [0.3, 0.4) is 0 Å². The standard InChI is InChI=1S/C26H32N2/c1-9-17(2)16-24-27(25-20(5)12-18(3)13-21(25)6)10-11-28(24)26-22(7)14-19(4)15-23(26)8/h1,9,12-16H,10-11H2,2-8H3. The van der Waals surface area contributed by atoms with Crippen molar-refractivity contribution in [3.8, 4) is 0 Å². The molecule has 2 nitrogen and oxygen atoms in total. The maximum absolute atomic E-state index is 5.83. The highest BCUT2D eigenvalue weighted by Gasteiger charge is 2.30. The highest BCUT2D eigenvalue weighted by atomic mass is 15.4. The van der Waals surface area contributed by atoms with E-state index >= 15 is 0 Å². The lowest BCUT2D eigenvalue weighted by molar-refractivity contribution is 1.01. The van der Waals surface area contributed by atoms with E-state index in [4.69, 9.17) is 6.92 Å². The molecule has 0 saturated carbocycles. The molecule has 28 heavy (non-hydrogen) atoms. The van der Waals surface area contributed by atoms with E-state index in [0.717, 1.165) is 18.7 Å². The molecule has 2 aromatic carbocycles. The first-order chi connectivity index (χ1) is 13.2. The first-order valence-corrected chi connectivity index (χ1v) is 10.0. The van der Waals surface area contributed by atoms with Crippen molar-refractivity contribution in [2.45, 2.75) is 48.5 Å². The molecule has 146 valence electrons. The number of allylic oxidation sites excluding steroid dienone is 3. The molecule has 1 aliphatic heterocycles. The minimum Gasteiger partial charge on any atom is -0.325 e. The summed E-state index contributed by atoms with van der Waals surface area (Å²) in [6, 6.07) is 9.10. The fourth-order valence-corrected chi connectivity index (χ4v) is 4.63. The quantitative estimate of drug-likeness (QED) is 0.618. The van der Waals surface area contributed by atoms with Crippen molar-refractivity contribution in [2.75, 3.05) is 22.9 Å². The average Bonchev–Trinajstić information content (AvgIpc) is 2.96. The minimum absolute atomic E-state index is 0.960. The Kier molecular flexibility index (Phi) is 5.69. The Hall–Kier alpha value is -2.48. The van der Waals surface area contributed by atoms with Crippen molar-refractivity contribution in [2.24, 2.45) is 0 Å². The van der Waals surface area contributed by atoms with E-state index in [1.807, 2.05) is 0 Å². The lowest BCUT2D eigenvalue weighted by atomic mass is 10.0. The molecule has 0 aliphatic carbocycles. The van der Waals surface area contributed by atoms with Crippen LogP contribution in [0.4, 0.5) is 11.4 Å². The molecule has 2 heteroatoms. The fraction of sp³-hybridized carbons (Fsp3) is 0.346. The molecule has 2 radical (unpaired) electrons. The summed E-state index contributed by atoms with van der Waals surface area (Å²) in [5.74, 6) is 1.20. The fourth-order valence-electron chi connectivity index (χ4n) is 4.63. The van der Waals surface area contributed by atoms with Crippen molar-refractivity contribution in [1.29, 1.82) is 0 Å². The molecule has 1 fully saturated rings. The largest absolute Gasteiger partial charge is 0.325 e. The second kappa shape index (κ2) is 7.87. The summed E-state index contributed by atoms with van der Waals surface area (Å²) in [6.07, 6.45) is 3.90. The Morgan fingerprint density at radius 1 is 0.750 bits per heavy atom. The number of hydrogen-bond donors (Lipinski definition) is 0. The third-order valence-electron chi connectivity index (χ3n) is 5.53. The van der Waals surface area contributed by atoms with Crippen LogP contribution in [0.2, 0.25) is 0 Å². The lowest BCUT2D eigenvalue weighted by Gasteiger charge is -2.30. The predicted octanol–water partition coefficient (Wildman–Crippen LogP) is 6.36. The molecular formula is C26H32N2. The van der Waals surface area contributed by atoms with Gasteiger partial charge >= 0.3 is 0 Å². The van der Waals surface area contributed by atoms with Crippen molar-refractivity contribution >= 4 is 11.4 Å². The number of aryl methyl sites for hydroxylation is 6. The van der Waals surface area contributed by atoms with Gasteiger partial charge in [0.05, 0.1) is 0 Å². The second-order valence-electron chi connectivity index (χ2n) is 8.21. The van der Waals surface area contributed by atoms with Crippen LogP contribution >= 0.6 is 0 Å². The molecule has 1 heterocycles. The first-order valence-electron chi connectivity index (χ1n) is 10.0. The Morgan fingerprint density at radius 3 is 1.43 bits per heavy atom. The molecule has 3 rings (SSSR count). The van der Waals surface area contributed by atoms with E-state index in [-0.39, 0.29) is 0 Å². The summed E-state index contributed by atoms with van der Waals surface area (Å²) < 4.78 is 0. The van der Waals surface area contributed by atoms with Crippen molar-refractivity contribution < 1.29 is 0 Å². The number of nitrogens with zero attached hydrogens (tertiary/aromatic N) is 2. The summed E-state index contributed by atoms with van der Waals surface area (Å²) in [6.45, 7) is 23.0. The van der Waals surface area contributed by atoms with Crippen molar-refractivity contribution in [3.05, 3.63) is 88.1 Å². The van der Waals surface area contributed by atoms with Gasteiger partial charge in [0.1, 0.15) is 5.82 Å². The van der Waals surface area contributed by atoms with Gasteiger partial charge in [-0.25, -0.2) is 0 Å². The van der Waals surface area contributed by atoms with Gasteiger partial charge in [-0.3, -0.25) is 0 Å². The maximum Gasteiger partial charge on any atom is 0.113 e. The normalized spacial score (nSPS) is 14.9. The predicted molar refractivity (Wildman–Crippen MR) is 122 cm³/mol. The Bertz CT molecular complexity index is 849. The van der Waals surface area contributed by atoms with Crippen molar-refractivity contribution in [3.63, 3.8) is 0 Å². The van der Waals surface area contributed by atoms with Crippen LogP contribution in [-0.2, 0) is 0 Å². The van der Waals surface area contributed by atoms with Gasteiger partial charge < -0.3 is 9.80 Å². The molecule has 0 bridgehead atoms. The summed E-state index contributed by atoms with van der Waals surface area (Å²) in [4.78, 5) is 4.91. The van der Waals surface area contributed by atoms with Crippen LogP contribution in [0.5, 0.6) is 0 Å². The molecule has 0 unspecified atom stereocenters.